The number of hydrogen-bond acceptors (Lipinski definition) is 8. The molecule has 15 heteroatoms. The molecule has 1 saturated heterocycles. The Morgan fingerprint density at radius 1 is 1.09 bits per heavy atom. The number of nitrogens with one attached hydrogen (secondary N) is 1. The summed E-state index contributed by atoms with van der Waals surface area (Å²) in [6, 6.07) is 18.3. The van der Waals surface area contributed by atoms with E-state index in [1.165, 1.54) is 47.0 Å². The average Bonchev–Trinajstić information content (AvgIpc) is 3.65. The number of carbonyl (C=O) groups is 1. The number of nitrogens with zero attached hydrogens (tertiary/aromatic N) is 5. The third-order valence-corrected chi connectivity index (χ3v) is 7.55. The molecule has 1 N–H and O–H groups in total. The number of thiocarbonyl (C=S) groups is 1. The number of hydrogen-bond donors (Lipinski definition) is 1. The highest BCUT2D eigenvalue weighted by Gasteiger charge is 2.32. The molecule has 45 heavy (non-hydrogen) atoms. The first kappa shape index (κ1) is 31.9. The lowest BCUT2D eigenvalue weighted by molar-refractivity contribution is -0.274. The Morgan fingerprint density at radius 3 is 2.51 bits per heavy atom. The molecular weight excluding hydrogens is 629 g/mol. The van der Waals surface area contributed by atoms with Gasteiger partial charge in [0.2, 0.25) is 11.0 Å². The van der Waals surface area contributed by atoms with Crippen molar-refractivity contribution in [1.29, 1.82) is 0 Å². The second-order valence-electron chi connectivity index (χ2n) is 9.60. The summed E-state index contributed by atoms with van der Waals surface area (Å²) in [6.45, 7) is 2.25. The number of amidine groups is 1. The van der Waals surface area contributed by atoms with Gasteiger partial charge in [-0.25, -0.2) is 15.1 Å². The van der Waals surface area contributed by atoms with Gasteiger partial charge < -0.3 is 9.47 Å². The Kier molecular flexibility index (Phi) is 10.0. The molecule has 5 rings (SSSR count). The highest BCUT2D eigenvalue weighted by molar-refractivity contribution is 8.15. The van der Waals surface area contributed by atoms with E-state index in [9.17, 15) is 18.0 Å². The number of benzene rings is 3. The van der Waals surface area contributed by atoms with Crippen molar-refractivity contribution in [1.82, 2.24) is 20.2 Å². The topological polar surface area (TPSA) is 103 Å². The Balaban J connectivity index is 1.17. The van der Waals surface area contributed by atoms with Gasteiger partial charge in [0.1, 0.15) is 17.8 Å². The first-order valence-electron chi connectivity index (χ1n) is 13.6. The average molecular weight is 657 g/mol. The summed E-state index contributed by atoms with van der Waals surface area (Å²) in [4.78, 5) is 28.7. The molecule has 1 aromatic heterocycles. The fourth-order valence-electron chi connectivity index (χ4n) is 4.40. The number of anilines is 1. The van der Waals surface area contributed by atoms with Crippen LogP contribution in [0.2, 0.25) is 0 Å². The predicted molar refractivity (Wildman–Crippen MR) is 168 cm³/mol. The summed E-state index contributed by atoms with van der Waals surface area (Å²) in [6.07, 6.45) is -1.59. The minimum Gasteiger partial charge on any atom is -0.497 e. The number of rotatable bonds is 10. The van der Waals surface area contributed by atoms with Crippen molar-refractivity contribution in [2.45, 2.75) is 32.7 Å². The fraction of sp³-hybridized carbons (Fsp3) is 0.233. The van der Waals surface area contributed by atoms with Crippen LogP contribution < -0.4 is 19.9 Å². The zero-order valence-electron chi connectivity index (χ0n) is 24.1. The molecule has 3 aromatic carbocycles. The summed E-state index contributed by atoms with van der Waals surface area (Å²) < 4.78 is 47.9. The highest BCUT2D eigenvalue weighted by atomic mass is 32.2. The van der Waals surface area contributed by atoms with E-state index in [0.717, 1.165) is 35.2 Å². The lowest BCUT2D eigenvalue weighted by atomic mass is 10.1. The molecule has 1 fully saturated rings. The van der Waals surface area contributed by atoms with Gasteiger partial charge in [-0.1, -0.05) is 55.4 Å². The third kappa shape index (κ3) is 8.17. The van der Waals surface area contributed by atoms with Crippen LogP contribution >= 0.6 is 24.0 Å². The Morgan fingerprint density at radius 2 is 1.82 bits per heavy atom. The van der Waals surface area contributed by atoms with Crippen LogP contribution in [0.25, 0.3) is 17.1 Å². The Labute approximate surface area is 266 Å². The summed E-state index contributed by atoms with van der Waals surface area (Å²) in [5.74, 6) is 0.894. The summed E-state index contributed by atoms with van der Waals surface area (Å²) in [7, 11) is 1.58. The van der Waals surface area contributed by atoms with Crippen LogP contribution in [-0.2, 0) is 22.7 Å². The summed E-state index contributed by atoms with van der Waals surface area (Å²) in [5.41, 5.74) is 6.47. The van der Waals surface area contributed by atoms with Crippen molar-refractivity contribution in [2.24, 2.45) is 4.99 Å². The van der Waals surface area contributed by atoms with Crippen LogP contribution in [0.4, 0.5) is 18.9 Å². The van der Waals surface area contributed by atoms with Gasteiger partial charge in [-0.05, 0) is 60.1 Å². The van der Waals surface area contributed by atoms with Crippen LogP contribution in [-0.4, -0.2) is 50.2 Å². The lowest BCUT2D eigenvalue weighted by Crippen LogP contribution is -2.32. The standard InChI is InChI=1S/C30H27F3N6O4S2/c1-3-4-20-9-12-24(41-2)15-25(20)39-26(40)17-45-29(39)35-28(44)37-42-16-19-5-7-21(8-6-19)27-34-18-38(36-27)22-10-13-23(14-11-22)43-30(31,32)33/h5-15,18H,3-4,16-17H2,1-2H3,(H,37,44)/b35-29-. The molecule has 234 valence electrons. The fourth-order valence-corrected chi connectivity index (χ4v) is 5.47. The van der Waals surface area contributed by atoms with Crippen molar-refractivity contribution in [3.05, 3.63) is 84.2 Å². The number of ether oxygens (including phenoxy) is 2. The van der Waals surface area contributed by atoms with Crippen LogP contribution in [0.15, 0.2) is 78.0 Å². The quantitative estimate of drug-likeness (QED) is 0.157. The molecule has 2 heterocycles. The van der Waals surface area contributed by atoms with Crippen molar-refractivity contribution in [3.8, 4) is 28.6 Å². The molecule has 0 radical (unpaired) electrons. The van der Waals surface area contributed by atoms with Crippen molar-refractivity contribution in [3.63, 3.8) is 0 Å². The van der Waals surface area contributed by atoms with E-state index in [1.807, 2.05) is 42.5 Å². The van der Waals surface area contributed by atoms with E-state index in [4.69, 9.17) is 21.8 Å². The molecule has 0 aliphatic carbocycles. The SMILES string of the molecule is CCCc1ccc(OC)cc1N1C(=O)CS/C1=N\C(=S)NOCc1ccc(-c2ncn(-c3ccc(OC(F)(F)F)cc3)n2)cc1. The molecule has 0 unspecified atom stereocenters. The molecule has 1 amide bonds. The zero-order chi connectivity index (χ0) is 32.0. The Hall–Kier alpha value is -4.47. The molecule has 0 bridgehead atoms. The molecule has 1 aliphatic heterocycles. The van der Waals surface area contributed by atoms with Gasteiger partial charge in [-0.2, -0.15) is 4.99 Å². The number of carbonyl (C=O) groups excluding carboxylic acids is 1. The second-order valence-corrected chi connectivity index (χ2v) is 10.9. The molecular formula is C30H27F3N6O4S2. The monoisotopic (exact) mass is 656 g/mol. The van der Waals surface area contributed by atoms with E-state index in [1.54, 1.807) is 12.0 Å². The third-order valence-electron chi connectivity index (χ3n) is 6.45. The minimum absolute atomic E-state index is 0.0708. The van der Waals surface area contributed by atoms with E-state index in [0.29, 0.717) is 22.4 Å². The van der Waals surface area contributed by atoms with Gasteiger partial charge in [0.15, 0.2) is 11.0 Å². The van der Waals surface area contributed by atoms with Crippen molar-refractivity contribution < 1.29 is 32.3 Å². The van der Waals surface area contributed by atoms with E-state index >= 15 is 0 Å². The molecule has 0 atom stereocenters. The summed E-state index contributed by atoms with van der Waals surface area (Å²) in [5, 5.41) is 4.93. The first-order valence-corrected chi connectivity index (χ1v) is 15.0. The number of thioether (sulfide) groups is 1. The van der Waals surface area contributed by atoms with E-state index in [2.05, 4.69) is 32.2 Å². The second kappa shape index (κ2) is 14.1. The molecule has 0 spiro atoms. The summed E-state index contributed by atoms with van der Waals surface area (Å²) >= 11 is 6.66. The van der Waals surface area contributed by atoms with E-state index < -0.39 is 6.36 Å². The van der Waals surface area contributed by atoms with Crippen LogP contribution in [0, 0.1) is 0 Å². The van der Waals surface area contributed by atoms with Gasteiger partial charge in [0.05, 0.1) is 30.8 Å². The lowest BCUT2D eigenvalue weighted by Gasteiger charge is -2.20. The first-order chi connectivity index (χ1) is 21.6. The number of methoxy groups -OCH3 is 1. The number of halogens is 3. The molecule has 4 aromatic rings. The number of aromatic nitrogens is 3. The number of alkyl halides is 3. The smallest absolute Gasteiger partial charge is 0.497 e. The van der Waals surface area contributed by atoms with Crippen LogP contribution in [0.5, 0.6) is 11.5 Å². The van der Waals surface area contributed by atoms with Crippen molar-refractivity contribution in [2.75, 3.05) is 17.8 Å². The van der Waals surface area contributed by atoms with Gasteiger partial charge in [0.25, 0.3) is 0 Å². The number of amides is 1. The Bertz CT molecular complexity index is 1700. The van der Waals surface area contributed by atoms with Crippen LogP contribution in [0.1, 0.15) is 24.5 Å². The largest absolute Gasteiger partial charge is 0.573 e. The van der Waals surface area contributed by atoms with Crippen molar-refractivity contribution >= 4 is 45.9 Å². The predicted octanol–water partition coefficient (Wildman–Crippen LogP) is 6.24. The zero-order valence-corrected chi connectivity index (χ0v) is 25.7. The maximum absolute atomic E-state index is 12.8. The maximum Gasteiger partial charge on any atom is 0.573 e. The molecule has 10 nitrogen and oxygen atoms in total. The van der Waals surface area contributed by atoms with Gasteiger partial charge >= 0.3 is 6.36 Å². The molecule has 1 aliphatic rings. The van der Waals surface area contributed by atoms with Gasteiger partial charge in [-0.3, -0.25) is 14.5 Å². The number of aliphatic imine (C=N–C) groups is 1. The van der Waals surface area contributed by atoms with Crippen LogP contribution in [0.3, 0.4) is 0 Å². The van der Waals surface area contributed by atoms with Gasteiger partial charge in [0, 0.05) is 11.6 Å². The number of hydroxylamine groups is 1. The van der Waals surface area contributed by atoms with Gasteiger partial charge in [-0.15, -0.1) is 18.3 Å². The minimum atomic E-state index is -4.76. The number of aryl methyl sites for hydroxylation is 1. The van der Waals surface area contributed by atoms with E-state index in [-0.39, 0.29) is 29.1 Å². The highest BCUT2D eigenvalue weighted by Crippen LogP contribution is 2.33. The normalized spacial score (nSPS) is 14.2. The maximum atomic E-state index is 12.8. The molecule has 0 saturated carbocycles.